The lowest BCUT2D eigenvalue weighted by Crippen LogP contribution is -2.09. The molecule has 0 aliphatic rings. The smallest absolute Gasteiger partial charge is 0.142 e. The molecule has 2 rings (SSSR count). The topological polar surface area (TPSA) is 57.9 Å². The van der Waals surface area contributed by atoms with Crippen LogP contribution in [0.5, 0.6) is 5.75 Å². The summed E-state index contributed by atoms with van der Waals surface area (Å²) in [5.41, 5.74) is 4.20. The molecular weight excluding hydrogens is 258 g/mol. The highest BCUT2D eigenvalue weighted by molar-refractivity contribution is 7.07. The zero-order chi connectivity index (χ0) is 13.7. The molecule has 1 N–H and O–H groups in total. The lowest BCUT2D eigenvalue weighted by molar-refractivity contribution is 0.243. The van der Waals surface area contributed by atoms with Gasteiger partial charge in [-0.1, -0.05) is 0 Å². The maximum Gasteiger partial charge on any atom is 0.142 e. The minimum atomic E-state index is 0.0905. The quantitative estimate of drug-likeness (QED) is 0.907. The van der Waals surface area contributed by atoms with Gasteiger partial charge in [0.1, 0.15) is 5.75 Å². The van der Waals surface area contributed by atoms with Crippen molar-refractivity contribution in [2.45, 2.75) is 26.5 Å². The van der Waals surface area contributed by atoms with Gasteiger partial charge in [-0.3, -0.25) is 0 Å². The number of nitriles is 1. The highest BCUT2D eigenvalue weighted by atomic mass is 32.1. The maximum atomic E-state index is 8.96. The van der Waals surface area contributed by atoms with Gasteiger partial charge in [-0.05, 0) is 32.0 Å². The Labute approximate surface area is 116 Å². The average molecular weight is 273 g/mol. The van der Waals surface area contributed by atoms with Gasteiger partial charge in [0.2, 0.25) is 0 Å². The molecule has 0 atom stereocenters. The first kappa shape index (κ1) is 13.4. The Morgan fingerprint density at radius 2 is 2.32 bits per heavy atom. The van der Waals surface area contributed by atoms with Gasteiger partial charge in [-0.2, -0.15) is 5.26 Å². The van der Waals surface area contributed by atoms with Crippen molar-refractivity contribution in [1.82, 2.24) is 4.98 Å². The lowest BCUT2D eigenvalue weighted by Gasteiger charge is -2.15. The Morgan fingerprint density at radius 3 is 2.95 bits per heavy atom. The number of benzene rings is 1. The molecule has 4 nitrogen and oxygen atoms in total. The molecule has 0 aliphatic carbocycles. The monoisotopic (exact) mass is 273 g/mol. The summed E-state index contributed by atoms with van der Waals surface area (Å²) in [6.45, 7) is 4.57. The Morgan fingerprint density at radius 1 is 1.47 bits per heavy atom. The van der Waals surface area contributed by atoms with E-state index in [1.807, 2.05) is 25.3 Å². The first-order valence-electron chi connectivity index (χ1n) is 6.01. The van der Waals surface area contributed by atoms with E-state index >= 15 is 0 Å². The Bertz CT molecular complexity index is 573. The van der Waals surface area contributed by atoms with Crippen molar-refractivity contribution in [2.24, 2.45) is 0 Å². The molecule has 2 aromatic rings. The number of thiazole rings is 1. The molecule has 1 aromatic carbocycles. The zero-order valence-corrected chi connectivity index (χ0v) is 11.7. The maximum absolute atomic E-state index is 8.96. The summed E-state index contributed by atoms with van der Waals surface area (Å²) in [7, 11) is 0. The minimum absolute atomic E-state index is 0.0905. The number of hydrogen-bond acceptors (Lipinski definition) is 5. The van der Waals surface area contributed by atoms with Gasteiger partial charge in [0.25, 0.3) is 0 Å². The van der Waals surface area contributed by atoms with Gasteiger partial charge in [-0.25, -0.2) is 4.98 Å². The summed E-state index contributed by atoms with van der Waals surface area (Å²) >= 11 is 1.56. The lowest BCUT2D eigenvalue weighted by atomic mass is 10.2. The van der Waals surface area contributed by atoms with E-state index in [1.165, 1.54) is 0 Å². The summed E-state index contributed by atoms with van der Waals surface area (Å²) in [6.07, 6.45) is 0.0905. The van der Waals surface area contributed by atoms with E-state index in [0.717, 1.165) is 17.1 Å². The second-order valence-corrected chi connectivity index (χ2v) is 5.04. The van der Waals surface area contributed by atoms with E-state index in [0.29, 0.717) is 12.1 Å². The molecule has 0 saturated carbocycles. The van der Waals surface area contributed by atoms with Crippen LogP contribution in [0.3, 0.4) is 0 Å². The molecule has 0 spiro atoms. The van der Waals surface area contributed by atoms with Crippen molar-refractivity contribution < 1.29 is 4.74 Å². The van der Waals surface area contributed by atoms with Crippen LogP contribution < -0.4 is 10.1 Å². The molecule has 0 saturated heterocycles. The van der Waals surface area contributed by atoms with E-state index in [1.54, 1.807) is 29.0 Å². The van der Waals surface area contributed by atoms with Crippen molar-refractivity contribution in [3.63, 3.8) is 0 Å². The van der Waals surface area contributed by atoms with Crippen LogP contribution in [0.1, 0.15) is 25.1 Å². The van der Waals surface area contributed by atoms with Crippen molar-refractivity contribution >= 4 is 17.0 Å². The standard InChI is InChI=1S/C14H15N3OS/c1-10(2)18-14-4-3-11(6-15)5-13(14)16-7-12-8-19-9-17-12/h3-5,8-10,16H,7H2,1-2H3. The van der Waals surface area contributed by atoms with Gasteiger partial charge < -0.3 is 10.1 Å². The largest absolute Gasteiger partial charge is 0.489 e. The summed E-state index contributed by atoms with van der Waals surface area (Å²) in [4.78, 5) is 4.21. The predicted octanol–water partition coefficient (Wildman–Crippen LogP) is 3.41. The first-order chi connectivity index (χ1) is 9.19. The van der Waals surface area contributed by atoms with Crippen LogP contribution in [0.15, 0.2) is 29.1 Å². The molecule has 0 aliphatic heterocycles. The molecule has 0 fully saturated rings. The van der Waals surface area contributed by atoms with E-state index in [2.05, 4.69) is 16.4 Å². The second-order valence-electron chi connectivity index (χ2n) is 4.32. The van der Waals surface area contributed by atoms with Crippen molar-refractivity contribution in [3.8, 4) is 11.8 Å². The van der Waals surface area contributed by atoms with Gasteiger partial charge in [0.05, 0.1) is 41.2 Å². The van der Waals surface area contributed by atoms with Crippen LogP contribution in [-0.2, 0) is 6.54 Å². The van der Waals surface area contributed by atoms with Crippen molar-refractivity contribution in [1.29, 1.82) is 5.26 Å². The highest BCUT2D eigenvalue weighted by Crippen LogP contribution is 2.27. The van der Waals surface area contributed by atoms with Crippen LogP contribution in [0.25, 0.3) is 0 Å². The number of nitrogens with one attached hydrogen (secondary N) is 1. The van der Waals surface area contributed by atoms with E-state index in [4.69, 9.17) is 10.00 Å². The minimum Gasteiger partial charge on any atom is -0.489 e. The normalized spacial score (nSPS) is 10.2. The third kappa shape index (κ3) is 3.70. The number of hydrogen-bond donors (Lipinski definition) is 1. The van der Waals surface area contributed by atoms with Gasteiger partial charge in [0.15, 0.2) is 0 Å². The average Bonchev–Trinajstić information content (AvgIpc) is 2.90. The molecule has 19 heavy (non-hydrogen) atoms. The van der Waals surface area contributed by atoms with Crippen LogP contribution >= 0.6 is 11.3 Å². The Hall–Kier alpha value is -2.06. The molecular formula is C14H15N3OS. The highest BCUT2D eigenvalue weighted by Gasteiger charge is 2.07. The van der Waals surface area contributed by atoms with Crippen molar-refractivity contribution in [2.75, 3.05) is 5.32 Å². The molecule has 0 radical (unpaired) electrons. The van der Waals surface area contributed by atoms with Crippen LogP contribution in [0, 0.1) is 11.3 Å². The Kier molecular flexibility index (Phi) is 4.37. The molecule has 5 heteroatoms. The SMILES string of the molecule is CC(C)Oc1ccc(C#N)cc1NCc1cscn1. The van der Waals surface area contributed by atoms with Gasteiger partial charge in [-0.15, -0.1) is 11.3 Å². The third-order valence-corrected chi connectivity index (χ3v) is 3.05. The van der Waals surface area contributed by atoms with Crippen LogP contribution in [0.4, 0.5) is 5.69 Å². The number of rotatable bonds is 5. The zero-order valence-electron chi connectivity index (χ0n) is 10.9. The summed E-state index contributed by atoms with van der Waals surface area (Å²) in [6, 6.07) is 7.50. The second kappa shape index (κ2) is 6.21. The third-order valence-electron chi connectivity index (χ3n) is 2.41. The molecule has 0 amide bonds. The summed E-state index contributed by atoms with van der Waals surface area (Å²) < 4.78 is 5.73. The van der Waals surface area contributed by atoms with Gasteiger partial charge in [0, 0.05) is 5.38 Å². The molecule has 0 bridgehead atoms. The number of ether oxygens (including phenoxy) is 1. The predicted molar refractivity (Wildman–Crippen MR) is 76.4 cm³/mol. The molecule has 98 valence electrons. The van der Waals surface area contributed by atoms with E-state index < -0.39 is 0 Å². The van der Waals surface area contributed by atoms with Crippen LogP contribution in [0.2, 0.25) is 0 Å². The van der Waals surface area contributed by atoms with Crippen molar-refractivity contribution in [3.05, 3.63) is 40.3 Å². The molecule has 1 heterocycles. The molecule has 1 aromatic heterocycles. The fraction of sp³-hybridized carbons (Fsp3) is 0.286. The number of anilines is 1. The van der Waals surface area contributed by atoms with Crippen LogP contribution in [-0.4, -0.2) is 11.1 Å². The number of aromatic nitrogens is 1. The van der Waals surface area contributed by atoms with E-state index in [9.17, 15) is 0 Å². The van der Waals surface area contributed by atoms with E-state index in [-0.39, 0.29) is 6.10 Å². The molecule has 0 unspecified atom stereocenters. The fourth-order valence-corrected chi connectivity index (χ4v) is 2.16. The first-order valence-corrected chi connectivity index (χ1v) is 6.95. The van der Waals surface area contributed by atoms with Gasteiger partial charge >= 0.3 is 0 Å². The summed E-state index contributed by atoms with van der Waals surface area (Å²) in [5, 5.41) is 14.2. The number of nitrogens with zero attached hydrogens (tertiary/aromatic N) is 2. The summed E-state index contributed by atoms with van der Waals surface area (Å²) in [5.74, 6) is 0.754. The Balaban J connectivity index is 2.17. The fourth-order valence-electron chi connectivity index (χ4n) is 1.61.